The first-order chi connectivity index (χ1) is 5.43. The van der Waals surface area contributed by atoms with Gasteiger partial charge in [0.25, 0.3) is 0 Å². The largest absolute Gasteiger partial charge is 0.329 e. The van der Waals surface area contributed by atoms with Crippen LogP contribution in [0.25, 0.3) is 0 Å². The molecule has 3 nitrogen and oxygen atoms in total. The third kappa shape index (κ3) is 3.49. The predicted octanol–water partition coefficient (Wildman–Crippen LogP) is 0.158. The molecule has 1 saturated heterocycles. The molecule has 11 heavy (non-hydrogen) atoms. The lowest BCUT2D eigenvalue weighted by molar-refractivity contribution is 0.476. The van der Waals surface area contributed by atoms with E-state index in [4.69, 9.17) is 5.73 Å². The number of aliphatic imine (C=N–C) groups is 1. The lowest BCUT2D eigenvalue weighted by atomic mass is 10.1. The van der Waals surface area contributed by atoms with Crippen LogP contribution in [0.5, 0.6) is 0 Å². The Balaban J connectivity index is 2.13. The molecule has 0 aromatic heterocycles. The van der Waals surface area contributed by atoms with Gasteiger partial charge in [-0.2, -0.15) is 0 Å². The van der Waals surface area contributed by atoms with Gasteiger partial charge in [0, 0.05) is 18.8 Å². The molecule has 1 aliphatic rings. The second-order valence-corrected chi connectivity index (χ2v) is 2.90. The minimum Gasteiger partial charge on any atom is -0.329 e. The maximum absolute atomic E-state index is 5.31. The Morgan fingerprint density at radius 1 is 1.55 bits per heavy atom. The zero-order valence-electron chi connectivity index (χ0n) is 6.92. The number of piperidine rings is 1. The summed E-state index contributed by atoms with van der Waals surface area (Å²) in [7, 11) is 0. The van der Waals surface area contributed by atoms with E-state index in [9.17, 15) is 0 Å². The molecule has 1 atom stereocenters. The molecule has 1 fully saturated rings. The van der Waals surface area contributed by atoms with Crippen molar-refractivity contribution >= 4 is 6.21 Å². The van der Waals surface area contributed by atoms with E-state index in [1.807, 2.05) is 6.21 Å². The molecule has 0 bridgehead atoms. The number of nitrogens with zero attached hydrogens (tertiary/aromatic N) is 1. The van der Waals surface area contributed by atoms with Crippen molar-refractivity contribution in [2.45, 2.75) is 25.3 Å². The van der Waals surface area contributed by atoms with Crippen LogP contribution >= 0.6 is 0 Å². The predicted molar refractivity (Wildman–Crippen MR) is 48.1 cm³/mol. The summed E-state index contributed by atoms with van der Waals surface area (Å²) in [4.78, 5) is 4.20. The highest BCUT2D eigenvalue weighted by atomic mass is 14.9. The normalized spacial score (nSPS) is 26.1. The van der Waals surface area contributed by atoms with Crippen molar-refractivity contribution in [3.8, 4) is 0 Å². The van der Waals surface area contributed by atoms with Gasteiger partial charge in [0.2, 0.25) is 0 Å². The zero-order valence-corrected chi connectivity index (χ0v) is 6.92. The molecule has 1 rings (SSSR count). The summed E-state index contributed by atoms with van der Waals surface area (Å²) in [5.41, 5.74) is 5.31. The molecule has 1 aliphatic heterocycles. The molecule has 1 unspecified atom stereocenters. The smallest absolute Gasteiger partial charge is 0.0508 e. The van der Waals surface area contributed by atoms with Gasteiger partial charge in [0.1, 0.15) is 0 Å². The highest BCUT2D eigenvalue weighted by Crippen LogP contribution is 2.04. The van der Waals surface area contributed by atoms with Crippen LogP contribution in [0, 0.1) is 0 Å². The maximum Gasteiger partial charge on any atom is 0.0508 e. The van der Waals surface area contributed by atoms with Crippen LogP contribution in [0.4, 0.5) is 0 Å². The fraction of sp³-hybridized carbons (Fsp3) is 0.875. The Morgan fingerprint density at radius 2 is 2.45 bits per heavy atom. The highest BCUT2D eigenvalue weighted by Gasteiger charge is 2.08. The summed E-state index contributed by atoms with van der Waals surface area (Å²) in [5.74, 6) is 0. The van der Waals surface area contributed by atoms with Gasteiger partial charge in [-0.3, -0.25) is 4.99 Å². The minimum absolute atomic E-state index is 0.510. The first-order valence-corrected chi connectivity index (χ1v) is 4.37. The summed E-state index contributed by atoms with van der Waals surface area (Å²) >= 11 is 0. The number of nitrogens with one attached hydrogen (secondary N) is 1. The van der Waals surface area contributed by atoms with Gasteiger partial charge >= 0.3 is 0 Å². The molecule has 64 valence electrons. The van der Waals surface area contributed by atoms with Gasteiger partial charge in [-0.15, -0.1) is 0 Å². The minimum atomic E-state index is 0.510. The first kappa shape index (κ1) is 8.68. The summed E-state index contributed by atoms with van der Waals surface area (Å²) in [6.45, 7) is 2.56. The van der Waals surface area contributed by atoms with Gasteiger partial charge < -0.3 is 11.1 Å². The van der Waals surface area contributed by atoms with E-state index in [0.717, 1.165) is 13.1 Å². The summed E-state index contributed by atoms with van der Waals surface area (Å²) in [6.07, 6.45) is 5.87. The molecule has 1 heterocycles. The molecule has 0 aromatic rings. The van der Waals surface area contributed by atoms with E-state index in [2.05, 4.69) is 10.3 Å². The Kier molecular flexibility index (Phi) is 4.16. The van der Waals surface area contributed by atoms with Crippen molar-refractivity contribution in [3.05, 3.63) is 0 Å². The third-order valence-electron chi connectivity index (χ3n) is 1.89. The molecule has 0 saturated carbocycles. The van der Waals surface area contributed by atoms with Crippen LogP contribution in [-0.4, -0.2) is 31.9 Å². The van der Waals surface area contributed by atoms with Crippen molar-refractivity contribution in [2.24, 2.45) is 10.7 Å². The molecule has 0 radical (unpaired) electrons. The van der Waals surface area contributed by atoms with Gasteiger partial charge in [-0.05, 0) is 19.4 Å². The standard InChI is InChI=1S/C8H17N3/c9-4-6-10-7-8-3-1-2-5-11-8/h7-8,11H,1-6,9H2. The molecule has 0 amide bonds. The van der Waals surface area contributed by atoms with Gasteiger partial charge in [-0.25, -0.2) is 0 Å². The summed E-state index contributed by atoms with van der Waals surface area (Å²) in [5, 5.41) is 3.39. The number of hydrogen-bond donors (Lipinski definition) is 2. The Bertz CT molecular complexity index is 117. The van der Waals surface area contributed by atoms with E-state index in [-0.39, 0.29) is 0 Å². The fourth-order valence-corrected chi connectivity index (χ4v) is 1.28. The van der Waals surface area contributed by atoms with E-state index < -0.39 is 0 Å². The van der Waals surface area contributed by atoms with Gasteiger partial charge in [0.05, 0.1) is 6.54 Å². The average Bonchev–Trinajstić information content (AvgIpc) is 2.07. The molecule has 0 spiro atoms. The van der Waals surface area contributed by atoms with Crippen LogP contribution in [0.3, 0.4) is 0 Å². The van der Waals surface area contributed by atoms with Gasteiger partial charge in [0.15, 0.2) is 0 Å². The van der Waals surface area contributed by atoms with Crippen LogP contribution in [-0.2, 0) is 0 Å². The third-order valence-corrected chi connectivity index (χ3v) is 1.89. The van der Waals surface area contributed by atoms with Crippen LogP contribution in [0.15, 0.2) is 4.99 Å². The van der Waals surface area contributed by atoms with Crippen molar-refractivity contribution in [1.82, 2.24) is 5.32 Å². The molecular weight excluding hydrogens is 138 g/mol. The van der Waals surface area contributed by atoms with E-state index in [1.54, 1.807) is 0 Å². The molecule has 3 N–H and O–H groups in total. The highest BCUT2D eigenvalue weighted by molar-refractivity contribution is 5.64. The van der Waals surface area contributed by atoms with Crippen molar-refractivity contribution in [1.29, 1.82) is 0 Å². The molecule has 0 aliphatic carbocycles. The number of rotatable bonds is 3. The monoisotopic (exact) mass is 155 g/mol. The lowest BCUT2D eigenvalue weighted by Gasteiger charge is -2.19. The molecule has 3 heteroatoms. The molecule has 0 aromatic carbocycles. The van der Waals surface area contributed by atoms with Crippen LogP contribution in [0.1, 0.15) is 19.3 Å². The van der Waals surface area contributed by atoms with Crippen molar-refractivity contribution in [2.75, 3.05) is 19.6 Å². The zero-order chi connectivity index (χ0) is 7.94. The van der Waals surface area contributed by atoms with Crippen molar-refractivity contribution < 1.29 is 0 Å². The first-order valence-electron chi connectivity index (χ1n) is 4.37. The molecular formula is C8H17N3. The second-order valence-electron chi connectivity index (χ2n) is 2.90. The number of nitrogens with two attached hydrogens (primary N) is 1. The SMILES string of the molecule is NCCN=CC1CCCCN1. The quantitative estimate of drug-likeness (QED) is 0.570. The maximum atomic E-state index is 5.31. The Hall–Kier alpha value is -0.410. The average molecular weight is 155 g/mol. The summed E-state index contributed by atoms with van der Waals surface area (Å²) in [6, 6.07) is 0.510. The summed E-state index contributed by atoms with van der Waals surface area (Å²) < 4.78 is 0. The Labute approximate surface area is 68.1 Å². The fourth-order valence-electron chi connectivity index (χ4n) is 1.28. The lowest BCUT2D eigenvalue weighted by Crippen LogP contribution is -2.35. The second kappa shape index (κ2) is 5.27. The van der Waals surface area contributed by atoms with E-state index in [0.29, 0.717) is 12.6 Å². The Morgan fingerprint density at radius 3 is 3.09 bits per heavy atom. The number of hydrogen-bond acceptors (Lipinski definition) is 3. The van der Waals surface area contributed by atoms with E-state index in [1.165, 1.54) is 19.3 Å². The van der Waals surface area contributed by atoms with Crippen LogP contribution < -0.4 is 11.1 Å². The van der Waals surface area contributed by atoms with Gasteiger partial charge in [-0.1, -0.05) is 6.42 Å². The van der Waals surface area contributed by atoms with E-state index >= 15 is 0 Å². The van der Waals surface area contributed by atoms with Crippen LogP contribution in [0.2, 0.25) is 0 Å². The topological polar surface area (TPSA) is 50.4 Å². The van der Waals surface area contributed by atoms with Crippen molar-refractivity contribution in [3.63, 3.8) is 0 Å².